The summed E-state index contributed by atoms with van der Waals surface area (Å²) in [5.41, 5.74) is 0.777. The summed E-state index contributed by atoms with van der Waals surface area (Å²) in [6, 6.07) is 8.18. The average Bonchev–Trinajstić information content (AvgIpc) is 2.88. The number of hydrogen-bond acceptors (Lipinski definition) is 2. The highest BCUT2D eigenvalue weighted by Gasteiger charge is 2.11. The smallest absolute Gasteiger partial charge is 0.124 e. The second kappa shape index (κ2) is 6.79. The zero-order valence-corrected chi connectivity index (χ0v) is 12.6. The Morgan fingerprint density at radius 2 is 2.05 bits per heavy atom. The molecule has 0 aliphatic rings. The first-order valence-electron chi connectivity index (χ1n) is 6.82. The Hall–Kier alpha value is -1.49. The van der Waals surface area contributed by atoms with Crippen molar-refractivity contribution in [2.24, 2.45) is 0 Å². The Balaban J connectivity index is 2.09. The quantitative estimate of drug-likeness (QED) is 0.814. The number of nitrogens with zero attached hydrogens (tertiary/aromatic N) is 2. The zero-order chi connectivity index (χ0) is 14.5. The number of hydrogen-bond donors (Lipinski definition) is 0. The Morgan fingerprint density at radius 1 is 1.30 bits per heavy atom. The van der Waals surface area contributed by atoms with E-state index in [-0.39, 0.29) is 5.82 Å². The molecule has 0 amide bonds. The lowest BCUT2D eigenvalue weighted by molar-refractivity contribution is 0.426. The molecule has 0 saturated carbocycles. The summed E-state index contributed by atoms with van der Waals surface area (Å²) in [5, 5.41) is 4.47. The minimum atomic E-state index is -1.26. The van der Waals surface area contributed by atoms with Crippen LogP contribution in [-0.4, -0.2) is 14.0 Å². The summed E-state index contributed by atoms with van der Waals surface area (Å²) in [6.45, 7) is 4.25. The summed E-state index contributed by atoms with van der Waals surface area (Å²) >= 11 is 0. The lowest BCUT2D eigenvalue weighted by Crippen LogP contribution is -2.08. The molecule has 0 N–H and O–H groups in total. The monoisotopic (exact) mass is 294 g/mol. The van der Waals surface area contributed by atoms with Crippen LogP contribution in [0, 0.1) is 5.82 Å². The maximum absolute atomic E-state index is 13.1. The molecule has 1 aromatic heterocycles. The summed E-state index contributed by atoms with van der Waals surface area (Å²) < 4.78 is 27.2. The van der Waals surface area contributed by atoms with E-state index in [1.807, 2.05) is 16.9 Å². The van der Waals surface area contributed by atoms with E-state index in [2.05, 4.69) is 18.9 Å². The van der Waals surface area contributed by atoms with Crippen LogP contribution in [0.5, 0.6) is 0 Å². The van der Waals surface area contributed by atoms with Crippen LogP contribution >= 0.6 is 0 Å². The first-order chi connectivity index (χ1) is 9.63. The molecule has 1 aromatic carbocycles. The third-order valence-corrected chi connectivity index (χ3v) is 4.66. The van der Waals surface area contributed by atoms with Crippen LogP contribution in [-0.2, 0) is 16.6 Å². The van der Waals surface area contributed by atoms with Crippen molar-refractivity contribution in [1.82, 2.24) is 9.78 Å². The van der Waals surface area contributed by atoms with E-state index >= 15 is 0 Å². The third-order valence-electron chi connectivity index (χ3n) is 3.32. The van der Waals surface area contributed by atoms with Crippen molar-refractivity contribution < 1.29 is 8.60 Å². The van der Waals surface area contributed by atoms with Gasteiger partial charge in [0.2, 0.25) is 0 Å². The molecular formula is C15H19FN2OS. The molecule has 0 spiro atoms. The number of rotatable bonds is 6. The van der Waals surface area contributed by atoms with Crippen molar-refractivity contribution in [1.29, 1.82) is 0 Å². The summed E-state index contributed by atoms with van der Waals surface area (Å²) in [6.07, 6.45) is 3.96. The first kappa shape index (κ1) is 14.9. The molecule has 1 heterocycles. The molecule has 0 saturated heterocycles. The fourth-order valence-electron chi connectivity index (χ4n) is 2.15. The molecule has 5 heteroatoms. The van der Waals surface area contributed by atoms with Crippen molar-refractivity contribution in [3.8, 4) is 0 Å². The highest BCUT2D eigenvalue weighted by molar-refractivity contribution is 7.84. The topological polar surface area (TPSA) is 34.9 Å². The predicted octanol–water partition coefficient (Wildman–Crippen LogP) is 3.69. The highest BCUT2D eigenvalue weighted by Crippen LogP contribution is 2.17. The van der Waals surface area contributed by atoms with Gasteiger partial charge in [-0.1, -0.05) is 19.9 Å². The molecule has 20 heavy (non-hydrogen) atoms. The van der Waals surface area contributed by atoms with Gasteiger partial charge in [-0.05, 0) is 37.1 Å². The van der Waals surface area contributed by atoms with Gasteiger partial charge >= 0.3 is 0 Å². The van der Waals surface area contributed by atoms with Crippen LogP contribution in [0.1, 0.15) is 38.4 Å². The van der Waals surface area contributed by atoms with Crippen molar-refractivity contribution in [2.45, 2.75) is 43.4 Å². The van der Waals surface area contributed by atoms with Gasteiger partial charge in [0.1, 0.15) is 5.82 Å². The lowest BCUT2D eigenvalue weighted by Gasteiger charge is -2.12. The maximum Gasteiger partial charge on any atom is 0.124 e. The van der Waals surface area contributed by atoms with Crippen molar-refractivity contribution in [3.05, 3.63) is 48.0 Å². The molecule has 2 rings (SSSR count). The standard InChI is InChI=1S/C15H19FN2OS/c1-3-14(4-2)18-9-8-13(17-18)11-20(19)15-7-5-6-12(16)10-15/h5-10,14H,3-4,11H2,1-2H3. The second-order valence-electron chi connectivity index (χ2n) is 4.70. The van der Waals surface area contributed by atoms with Gasteiger partial charge in [-0.2, -0.15) is 5.10 Å². The summed E-state index contributed by atoms with van der Waals surface area (Å²) in [4.78, 5) is 0.502. The van der Waals surface area contributed by atoms with E-state index in [1.165, 1.54) is 12.1 Å². The van der Waals surface area contributed by atoms with Gasteiger partial charge in [0.15, 0.2) is 0 Å². The Bertz CT molecular complexity index is 593. The zero-order valence-electron chi connectivity index (χ0n) is 11.8. The summed E-state index contributed by atoms with van der Waals surface area (Å²) in [7, 11) is -1.26. The fourth-order valence-corrected chi connectivity index (χ4v) is 3.21. The van der Waals surface area contributed by atoms with E-state index < -0.39 is 10.8 Å². The molecule has 0 aliphatic heterocycles. The average molecular weight is 294 g/mol. The van der Waals surface area contributed by atoms with Gasteiger partial charge in [0.25, 0.3) is 0 Å². The number of aromatic nitrogens is 2. The van der Waals surface area contributed by atoms with E-state index in [4.69, 9.17) is 0 Å². The van der Waals surface area contributed by atoms with Crippen LogP contribution in [0.2, 0.25) is 0 Å². The molecule has 0 fully saturated rings. The SMILES string of the molecule is CCC(CC)n1ccc(CS(=O)c2cccc(F)c2)n1. The molecule has 108 valence electrons. The molecular weight excluding hydrogens is 275 g/mol. The van der Waals surface area contributed by atoms with Gasteiger partial charge in [-0.25, -0.2) is 4.39 Å². The van der Waals surface area contributed by atoms with Gasteiger partial charge in [-0.15, -0.1) is 0 Å². The molecule has 2 aromatic rings. The van der Waals surface area contributed by atoms with E-state index in [1.54, 1.807) is 12.1 Å². The van der Waals surface area contributed by atoms with Gasteiger partial charge in [-0.3, -0.25) is 8.89 Å². The maximum atomic E-state index is 13.1. The Kier molecular flexibility index (Phi) is 5.06. The first-order valence-corrected chi connectivity index (χ1v) is 8.14. The Morgan fingerprint density at radius 3 is 2.70 bits per heavy atom. The molecule has 3 nitrogen and oxygen atoms in total. The third kappa shape index (κ3) is 3.54. The van der Waals surface area contributed by atoms with Crippen LogP contribution in [0.4, 0.5) is 4.39 Å². The fraction of sp³-hybridized carbons (Fsp3) is 0.400. The van der Waals surface area contributed by atoms with Crippen molar-refractivity contribution in [3.63, 3.8) is 0 Å². The molecule has 1 unspecified atom stereocenters. The van der Waals surface area contributed by atoms with Crippen LogP contribution in [0.3, 0.4) is 0 Å². The van der Waals surface area contributed by atoms with Gasteiger partial charge in [0.05, 0.1) is 28.3 Å². The van der Waals surface area contributed by atoms with Crippen molar-refractivity contribution in [2.75, 3.05) is 0 Å². The second-order valence-corrected chi connectivity index (χ2v) is 6.16. The molecule has 0 radical (unpaired) electrons. The molecule has 0 bridgehead atoms. The molecule has 0 aliphatic carbocycles. The lowest BCUT2D eigenvalue weighted by atomic mass is 10.2. The minimum Gasteiger partial charge on any atom is -0.269 e. The number of halogens is 1. The Labute approximate surface area is 121 Å². The minimum absolute atomic E-state index is 0.316. The van der Waals surface area contributed by atoms with Crippen LogP contribution < -0.4 is 0 Å². The largest absolute Gasteiger partial charge is 0.269 e. The highest BCUT2D eigenvalue weighted by atomic mass is 32.2. The van der Waals surface area contributed by atoms with Crippen LogP contribution in [0.25, 0.3) is 0 Å². The number of benzene rings is 1. The van der Waals surface area contributed by atoms with Gasteiger partial charge < -0.3 is 0 Å². The van der Waals surface area contributed by atoms with Crippen LogP contribution in [0.15, 0.2) is 41.4 Å². The molecule has 1 atom stereocenters. The van der Waals surface area contributed by atoms with Gasteiger partial charge in [0, 0.05) is 11.1 Å². The normalized spacial score (nSPS) is 12.8. The van der Waals surface area contributed by atoms with E-state index in [0.29, 0.717) is 16.7 Å². The van der Waals surface area contributed by atoms with Crippen molar-refractivity contribution >= 4 is 10.8 Å². The predicted molar refractivity (Wildman–Crippen MR) is 78.4 cm³/mol. The van der Waals surface area contributed by atoms with E-state index in [9.17, 15) is 8.60 Å². The van der Waals surface area contributed by atoms with E-state index in [0.717, 1.165) is 18.5 Å². The summed E-state index contributed by atoms with van der Waals surface area (Å²) in [5.74, 6) is -0.0465.